The standard InChI is InChI=1S/C20H26N10O13P2/c21-15-9-17(25-3-23-15)29(5-27-9)19-12(32)11(31)7(41-19)1-40-45(37,38)43-14-8(2-39-44(34,35)36)42-20(13(14)33)30-6-28-10-16(22)24-4-26-18(10)30/h3-8,11-14,19-20,31-33H,1-2H2,(H,37,38)(H2,21,23,25)(H2,22,24,26)(H2,34,35,36)/p-3/t7-,8-,11-,12-,13-,14-,19-,20-/m1/s1. The molecule has 25 heteroatoms. The highest BCUT2D eigenvalue weighted by Gasteiger charge is 2.49. The lowest BCUT2D eigenvalue weighted by molar-refractivity contribution is -0.343. The Morgan fingerprint density at radius 1 is 0.756 bits per heavy atom. The van der Waals surface area contributed by atoms with Gasteiger partial charge in [0.15, 0.2) is 35.4 Å². The quantitative estimate of drug-likeness (QED) is 0.0989. The summed E-state index contributed by atoms with van der Waals surface area (Å²) in [4.78, 5) is 58.8. The van der Waals surface area contributed by atoms with E-state index in [0.717, 1.165) is 23.5 Å². The third-order valence-electron chi connectivity index (χ3n) is 7.01. The van der Waals surface area contributed by atoms with Gasteiger partial charge in [0.1, 0.15) is 60.3 Å². The first-order valence-electron chi connectivity index (χ1n) is 12.8. The van der Waals surface area contributed by atoms with E-state index < -0.39 is 77.9 Å². The predicted molar refractivity (Wildman–Crippen MR) is 137 cm³/mol. The fraction of sp³-hybridized carbons (Fsp3) is 0.500. The minimum atomic E-state index is -5.57. The number of aliphatic hydroxyl groups excluding tert-OH is 3. The molecule has 0 aliphatic carbocycles. The molecular formula is C20H23N10O13P2-3. The number of hydrogen-bond donors (Lipinski definition) is 5. The highest BCUT2D eigenvalue weighted by molar-refractivity contribution is 7.45. The highest BCUT2D eigenvalue weighted by Crippen LogP contribution is 2.47. The molecule has 1 unspecified atom stereocenters. The summed E-state index contributed by atoms with van der Waals surface area (Å²) in [7, 11) is -11.0. The van der Waals surface area contributed by atoms with Crippen molar-refractivity contribution >= 4 is 49.6 Å². The number of nitrogens with zero attached hydrogens (tertiary/aromatic N) is 8. The molecule has 244 valence electrons. The number of phosphoric ester groups is 2. The molecule has 2 saturated heterocycles. The zero-order valence-corrected chi connectivity index (χ0v) is 24.2. The van der Waals surface area contributed by atoms with E-state index in [1.165, 1.54) is 10.9 Å². The summed E-state index contributed by atoms with van der Waals surface area (Å²) in [6, 6.07) is 0. The first-order valence-corrected chi connectivity index (χ1v) is 15.7. The molecule has 0 amide bonds. The van der Waals surface area contributed by atoms with Gasteiger partial charge in [0, 0.05) is 0 Å². The minimum Gasteiger partial charge on any atom is -0.790 e. The Kier molecular flexibility index (Phi) is 8.33. The molecule has 9 atom stereocenters. The van der Waals surface area contributed by atoms with Gasteiger partial charge in [0.25, 0.3) is 7.82 Å². The van der Waals surface area contributed by atoms with Crippen molar-refractivity contribution in [1.82, 2.24) is 39.0 Å². The molecule has 4 aromatic heterocycles. The average Bonchev–Trinajstić information content (AvgIpc) is 3.73. The molecule has 4 aromatic rings. The lowest BCUT2D eigenvalue weighted by Gasteiger charge is -2.33. The third kappa shape index (κ3) is 6.14. The zero-order chi connectivity index (χ0) is 32.3. The van der Waals surface area contributed by atoms with Crippen LogP contribution in [0.15, 0.2) is 25.3 Å². The molecule has 45 heavy (non-hydrogen) atoms. The maximum absolute atomic E-state index is 12.9. The second-order valence-electron chi connectivity index (χ2n) is 9.82. The van der Waals surface area contributed by atoms with E-state index in [1.807, 2.05) is 0 Å². The van der Waals surface area contributed by atoms with Gasteiger partial charge in [-0.05, 0) is 0 Å². The number of hydrogen-bond acceptors (Lipinski definition) is 21. The van der Waals surface area contributed by atoms with Gasteiger partial charge in [0.05, 0.1) is 33.7 Å². The van der Waals surface area contributed by atoms with E-state index in [2.05, 4.69) is 34.4 Å². The van der Waals surface area contributed by atoms with Gasteiger partial charge in [-0.2, -0.15) is 0 Å². The van der Waals surface area contributed by atoms with E-state index in [1.54, 1.807) is 0 Å². The molecule has 0 spiro atoms. The summed E-state index contributed by atoms with van der Waals surface area (Å²) in [6.07, 6.45) is -8.26. The summed E-state index contributed by atoms with van der Waals surface area (Å²) in [5.41, 5.74) is 12.1. The number of fused-ring (bicyclic) bond motifs is 2. The molecule has 6 rings (SSSR count). The zero-order valence-electron chi connectivity index (χ0n) is 22.4. The van der Waals surface area contributed by atoms with Gasteiger partial charge < -0.3 is 69.1 Å². The molecule has 23 nitrogen and oxygen atoms in total. The lowest BCUT2D eigenvalue weighted by Crippen LogP contribution is -2.38. The number of ether oxygens (including phenoxy) is 2. The van der Waals surface area contributed by atoms with Gasteiger partial charge in [-0.3, -0.25) is 13.7 Å². The van der Waals surface area contributed by atoms with Gasteiger partial charge in [0.2, 0.25) is 0 Å². The number of imidazole rings is 2. The second kappa shape index (κ2) is 11.8. The lowest BCUT2D eigenvalue weighted by atomic mass is 10.1. The fourth-order valence-electron chi connectivity index (χ4n) is 4.93. The Morgan fingerprint density at radius 3 is 1.82 bits per heavy atom. The topological polar surface area (TPSA) is 349 Å². The molecule has 2 aliphatic rings. The number of anilines is 2. The van der Waals surface area contributed by atoms with Crippen LogP contribution < -0.4 is 26.1 Å². The van der Waals surface area contributed by atoms with E-state index in [-0.39, 0.29) is 34.0 Å². The number of aromatic nitrogens is 8. The number of rotatable bonds is 10. The summed E-state index contributed by atoms with van der Waals surface area (Å²) in [5.74, 6) is 0.0319. The van der Waals surface area contributed by atoms with Crippen LogP contribution in [0.25, 0.3) is 22.3 Å². The Bertz CT molecular complexity index is 1800. The van der Waals surface area contributed by atoms with Crippen LogP contribution in [0.5, 0.6) is 0 Å². The molecular weight excluding hydrogens is 650 g/mol. The molecule has 0 aromatic carbocycles. The van der Waals surface area contributed by atoms with E-state index in [0.29, 0.717) is 0 Å². The van der Waals surface area contributed by atoms with Crippen LogP contribution in [-0.4, -0.2) is 104 Å². The van der Waals surface area contributed by atoms with Crippen LogP contribution in [0, 0.1) is 0 Å². The van der Waals surface area contributed by atoms with Crippen molar-refractivity contribution in [2.45, 2.75) is 49.1 Å². The van der Waals surface area contributed by atoms with Crippen LogP contribution >= 0.6 is 15.6 Å². The van der Waals surface area contributed by atoms with Crippen LogP contribution in [0.3, 0.4) is 0 Å². The molecule has 2 fully saturated rings. The number of aliphatic hydroxyl groups is 3. The molecule has 0 saturated carbocycles. The predicted octanol–water partition coefficient (Wildman–Crippen LogP) is -4.58. The SMILES string of the molecule is Nc1ncnc2c1ncn2[C@@H]1O[C@H](COP(=O)([O-])O[C@H]2[C@@H](O)[C@H](n3cnc4c(N)ncnc43)O[C@@H]2COP(=O)([O-])[O-])[C@@H](O)[C@H]1O. The van der Waals surface area contributed by atoms with Gasteiger partial charge >= 0.3 is 0 Å². The molecule has 7 N–H and O–H groups in total. The Labute approximate surface area is 250 Å². The number of phosphoric acid groups is 2. The van der Waals surface area contributed by atoms with Crippen molar-refractivity contribution in [1.29, 1.82) is 0 Å². The Hall–Kier alpha value is -3.28. The van der Waals surface area contributed by atoms with Gasteiger partial charge in [-0.1, -0.05) is 0 Å². The monoisotopic (exact) mass is 673 g/mol. The highest BCUT2D eigenvalue weighted by atomic mass is 31.2. The van der Waals surface area contributed by atoms with Crippen molar-refractivity contribution in [3.8, 4) is 0 Å². The fourth-order valence-corrected chi connectivity index (χ4v) is 6.21. The second-order valence-corrected chi connectivity index (χ2v) is 12.3. The number of nitrogens with two attached hydrogens (primary N) is 2. The normalized spacial score (nSPS) is 30.4. The Balaban J connectivity index is 1.17. The first-order chi connectivity index (χ1) is 21.2. The summed E-state index contributed by atoms with van der Waals surface area (Å²) in [6.45, 7) is -1.93. The first kappa shape index (κ1) is 31.7. The Morgan fingerprint density at radius 2 is 1.27 bits per heavy atom. The smallest absolute Gasteiger partial charge is 0.268 e. The van der Waals surface area contributed by atoms with Crippen molar-refractivity contribution in [3.05, 3.63) is 25.3 Å². The summed E-state index contributed by atoms with van der Waals surface area (Å²) in [5, 5.41) is 32.2. The molecule has 0 bridgehead atoms. The van der Waals surface area contributed by atoms with Gasteiger partial charge in [-0.15, -0.1) is 0 Å². The van der Waals surface area contributed by atoms with E-state index in [4.69, 9.17) is 30.0 Å². The van der Waals surface area contributed by atoms with E-state index >= 15 is 0 Å². The van der Waals surface area contributed by atoms with Crippen LogP contribution in [-0.2, 0) is 32.2 Å². The number of nitrogen functional groups attached to an aromatic ring is 2. The maximum Gasteiger partial charge on any atom is 0.268 e. The largest absolute Gasteiger partial charge is 0.790 e. The van der Waals surface area contributed by atoms with Gasteiger partial charge in [-0.25, -0.2) is 29.9 Å². The minimum absolute atomic E-state index is 0.0164. The van der Waals surface area contributed by atoms with E-state index in [9.17, 15) is 39.1 Å². The third-order valence-corrected chi connectivity index (χ3v) is 8.45. The maximum atomic E-state index is 12.9. The van der Waals surface area contributed by atoms with Crippen LogP contribution in [0.1, 0.15) is 12.5 Å². The summed E-state index contributed by atoms with van der Waals surface area (Å²) >= 11 is 0. The summed E-state index contributed by atoms with van der Waals surface area (Å²) < 4.78 is 51.8. The molecule has 0 radical (unpaired) electrons. The van der Waals surface area contributed by atoms with Crippen molar-refractivity contribution in [2.75, 3.05) is 24.7 Å². The van der Waals surface area contributed by atoms with Crippen LogP contribution in [0.2, 0.25) is 0 Å². The van der Waals surface area contributed by atoms with Crippen molar-refractivity contribution in [3.63, 3.8) is 0 Å². The average molecular weight is 673 g/mol. The molecule has 6 heterocycles. The van der Waals surface area contributed by atoms with Crippen molar-refractivity contribution in [2.24, 2.45) is 0 Å². The van der Waals surface area contributed by atoms with Crippen molar-refractivity contribution < 1.29 is 62.2 Å². The van der Waals surface area contributed by atoms with Crippen LogP contribution in [0.4, 0.5) is 11.6 Å². The molecule has 2 aliphatic heterocycles.